The molecule has 3 rings (SSSR count). The van der Waals surface area contributed by atoms with Crippen LogP contribution in [0.2, 0.25) is 5.28 Å². The van der Waals surface area contributed by atoms with E-state index in [0.717, 1.165) is 17.0 Å². The Morgan fingerprint density at radius 1 is 1.40 bits per heavy atom. The first kappa shape index (κ1) is 13.9. The van der Waals surface area contributed by atoms with E-state index < -0.39 is 10.8 Å². The Kier molecular flexibility index (Phi) is 3.74. The highest BCUT2D eigenvalue weighted by Crippen LogP contribution is 2.26. The van der Waals surface area contributed by atoms with E-state index in [1.807, 2.05) is 5.32 Å². The molecule has 3 heterocycles. The van der Waals surface area contributed by atoms with Crippen LogP contribution in [-0.2, 0) is 22.0 Å². The van der Waals surface area contributed by atoms with Gasteiger partial charge >= 0.3 is 0 Å². The van der Waals surface area contributed by atoms with Gasteiger partial charge in [0.1, 0.15) is 10.9 Å². The van der Waals surface area contributed by atoms with Gasteiger partial charge in [0.15, 0.2) is 0 Å². The number of likely N-dealkylation sites (tertiary alicyclic amines) is 1. The molecule has 6 nitrogen and oxygen atoms in total. The normalized spacial score (nSPS) is 25.9. The Hall–Kier alpha value is -1.05. The van der Waals surface area contributed by atoms with E-state index in [9.17, 15) is 9.00 Å². The smallest absolute Gasteiger partial charge is 0.245 e. The molecule has 8 heteroatoms. The minimum atomic E-state index is -1.03. The van der Waals surface area contributed by atoms with Crippen molar-refractivity contribution in [2.24, 2.45) is 0 Å². The standard InChI is InChI=1S/C12H15ClN4O2S/c1-17-6-7(2-3-9(17)18)14-11-10-8(4-5-20(10)19)15-12(13)16-11/h7H,2-6H2,1H3,(H,14,15,16)/p+1/t7-,20?/m0/s1. The van der Waals surface area contributed by atoms with Gasteiger partial charge in [0.2, 0.25) is 17.0 Å². The van der Waals surface area contributed by atoms with Crippen LogP contribution in [0, 0.1) is 0 Å². The number of likely N-dealkylation sites (N-methyl/N-ethyl adjacent to an activating group) is 1. The van der Waals surface area contributed by atoms with E-state index in [2.05, 4.69) is 9.97 Å². The summed E-state index contributed by atoms with van der Waals surface area (Å²) in [6.07, 6.45) is 2.03. The molecule has 1 aromatic rings. The zero-order valence-corrected chi connectivity index (χ0v) is 12.7. The topological polar surface area (TPSA) is 79.8 Å². The molecular weight excluding hydrogens is 300 g/mol. The van der Waals surface area contributed by atoms with Crippen LogP contribution in [0.3, 0.4) is 0 Å². The number of amides is 1. The Morgan fingerprint density at radius 3 is 2.95 bits per heavy atom. The molecule has 0 aliphatic carbocycles. The highest BCUT2D eigenvalue weighted by molar-refractivity contribution is 7.85. The first-order valence-electron chi connectivity index (χ1n) is 6.58. The number of nitrogens with two attached hydrogens (primary N) is 1. The van der Waals surface area contributed by atoms with E-state index in [4.69, 9.17) is 11.6 Å². The van der Waals surface area contributed by atoms with E-state index in [1.165, 1.54) is 0 Å². The number of fused-ring (bicyclic) bond motifs is 1. The summed E-state index contributed by atoms with van der Waals surface area (Å²) in [5.74, 6) is 1.45. The fourth-order valence-electron chi connectivity index (χ4n) is 2.71. The molecule has 1 fully saturated rings. The quantitative estimate of drug-likeness (QED) is 0.754. The number of aromatic nitrogens is 2. The monoisotopic (exact) mass is 315 g/mol. The number of piperidine rings is 1. The maximum atomic E-state index is 12.1. The maximum Gasteiger partial charge on any atom is 0.245 e. The fraction of sp³-hybridized carbons (Fsp3) is 0.583. The van der Waals surface area contributed by atoms with Gasteiger partial charge in [0.05, 0.1) is 23.0 Å². The molecule has 0 aromatic carbocycles. The maximum absolute atomic E-state index is 12.1. The molecule has 108 valence electrons. The Labute approximate surface area is 124 Å². The van der Waals surface area contributed by atoms with Crippen molar-refractivity contribution < 1.29 is 14.3 Å². The number of hydrogen-bond acceptors (Lipinski definition) is 4. The van der Waals surface area contributed by atoms with Gasteiger partial charge in [-0.15, -0.1) is 0 Å². The first-order chi connectivity index (χ1) is 9.54. The lowest BCUT2D eigenvalue weighted by Gasteiger charge is -2.27. The van der Waals surface area contributed by atoms with Crippen molar-refractivity contribution in [3.8, 4) is 0 Å². The third-order valence-electron chi connectivity index (χ3n) is 3.74. The molecule has 2 N–H and O–H groups in total. The van der Waals surface area contributed by atoms with Crippen molar-refractivity contribution in [3.63, 3.8) is 0 Å². The van der Waals surface area contributed by atoms with Gasteiger partial charge in [-0.3, -0.25) is 14.3 Å². The number of hydrogen-bond donors (Lipinski definition) is 1. The molecule has 2 aliphatic heterocycles. The van der Waals surface area contributed by atoms with Crippen molar-refractivity contribution >= 4 is 34.1 Å². The van der Waals surface area contributed by atoms with Crippen LogP contribution in [-0.4, -0.2) is 50.4 Å². The van der Waals surface area contributed by atoms with Gasteiger partial charge in [-0.05, 0) is 11.6 Å². The molecule has 0 spiro atoms. The predicted molar refractivity (Wildman–Crippen MR) is 74.3 cm³/mol. The third-order valence-corrected chi connectivity index (χ3v) is 5.39. The van der Waals surface area contributed by atoms with Crippen molar-refractivity contribution in [1.29, 1.82) is 0 Å². The summed E-state index contributed by atoms with van der Waals surface area (Å²) in [4.78, 5) is 22.4. The number of aryl methyl sites for hydroxylation is 1. The molecular formula is C12H16ClN4O2S+. The van der Waals surface area contributed by atoms with Gasteiger partial charge in [0.25, 0.3) is 0 Å². The number of carbonyl (C=O) groups is 1. The average Bonchev–Trinajstić information content (AvgIpc) is 2.75. The molecule has 1 amide bonds. The number of carbonyl (C=O) groups excluding carboxylic acids is 1. The minimum absolute atomic E-state index is 0.171. The van der Waals surface area contributed by atoms with Gasteiger partial charge in [0, 0.05) is 32.1 Å². The summed E-state index contributed by atoms with van der Waals surface area (Å²) in [5, 5.41) is 2.20. The lowest BCUT2D eigenvalue weighted by molar-refractivity contribution is -0.617. The van der Waals surface area contributed by atoms with Crippen LogP contribution in [0.4, 0.5) is 5.82 Å². The Morgan fingerprint density at radius 2 is 2.20 bits per heavy atom. The lowest BCUT2D eigenvalue weighted by Crippen LogP contribution is -2.88. The molecule has 1 aromatic heterocycles. The molecule has 0 bridgehead atoms. The second-order valence-electron chi connectivity index (χ2n) is 5.19. The summed E-state index contributed by atoms with van der Waals surface area (Å²) >= 11 is 5.94. The summed E-state index contributed by atoms with van der Waals surface area (Å²) in [5.41, 5.74) is 0.801. The summed E-state index contributed by atoms with van der Waals surface area (Å²) in [7, 11) is 0.770. The number of nitrogens with zero attached hydrogens (tertiary/aromatic N) is 3. The van der Waals surface area contributed by atoms with Gasteiger partial charge in [-0.1, -0.05) is 0 Å². The molecule has 0 radical (unpaired) electrons. The van der Waals surface area contributed by atoms with Crippen LogP contribution in [0.15, 0.2) is 4.90 Å². The Balaban J connectivity index is 1.85. The lowest BCUT2D eigenvalue weighted by atomic mass is 10.1. The zero-order chi connectivity index (χ0) is 14.3. The van der Waals surface area contributed by atoms with Gasteiger partial charge in [-0.2, -0.15) is 4.98 Å². The fourth-order valence-corrected chi connectivity index (χ4v) is 4.24. The number of quaternary nitrogens is 1. The van der Waals surface area contributed by atoms with Crippen LogP contribution in [0.25, 0.3) is 0 Å². The molecule has 2 aliphatic rings. The van der Waals surface area contributed by atoms with Crippen LogP contribution in [0.1, 0.15) is 18.5 Å². The van der Waals surface area contributed by atoms with Crippen molar-refractivity contribution in [2.75, 3.05) is 19.3 Å². The Bertz CT molecular complexity index is 595. The van der Waals surface area contributed by atoms with Crippen LogP contribution >= 0.6 is 11.6 Å². The van der Waals surface area contributed by atoms with Crippen molar-refractivity contribution in [2.45, 2.75) is 30.2 Å². The first-order valence-corrected chi connectivity index (χ1v) is 8.28. The van der Waals surface area contributed by atoms with E-state index in [0.29, 0.717) is 31.0 Å². The van der Waals surface area contributed by atoms with E-state index in [-0.39, 0.29) is 17.2 Å². The molecule has 1 unspecified atom stereocenters. The SMILES string of the molecule is CN1C[C@@H]([NH2+]c2nc(Cl)nc3c2S(=O)CC3)CCC1=O. The van der Waals surface area contributed by atoms with Crippen LogP contribution < -0.4 is 5.32 Å². The number of halogens is 1. The second-order valence-corrected chi connectivity index (χ2v) is 7.04. The minimum Gasteiger partial charge on any atom is -0.340 e. The number of rotatable bonds is 2. The highest BCUT2D eigenvalue weighted by atomic mass is 35.5. The summed E-state index contributed by atoms with van der Waals surface area (Å²) in [6, 6.07) is 0.227. The largest absolute Gasteiger partial charge is 0.340 e. The zero-order valence-electron chi connectivity index (χ0n) is 11.1. The third kappa shape index (κ3) is 2.57. The summed E-state index contributed by atoms with van der Waals surface area (Å²) in [6.45, 7) is 0.669. The highest BCUT2D eigenvalue weighted by Gasteiger charge is 2.32. The van der Waals surface area contributed by atoms with Crippen molar-refractivity contribution in [3.05, 3.63) is 11.0 Å². The van der Waals surface area contributed by atoms with Gasteiger partial charge in [-0.25, -0.2) is 4.98 Å². The van der Waals surface area contributed by atoms with Crippen LogP contribution in [0.5, 0.6) is 0 Å². The molecule has 0 saturated carbocycles. The van der Waals surface area contributed by atoms with Crippen molar-refractivity contribution in [1.82, 2.24) is 14.9 Å². The van der Waals surface area contributed by atoms with Gasteiger partial charge < -0.3 is 4.90 Å². The second kappa shape index (κ2) is 5.38. The predicted octanol–water partition coefficient (Wildman–Crippen LogP) is -0.391. The molecule has 1 saturated heterocycles. The molecule has 20 heavy (non-hydrogen) atoms. The average molecular weight is 316 g/mol. The summed E-state index contributed by atoms with van der Waals surface area (Å²) < 4.78 is 12.1. The van der Waals surface area contributed by atoms with E-state index >= 15 is 0 Å². The molecule has 2 atom stereocenters. The van der Waals surface area contributed by atoms with E-state index in [1.54, 1.807) is 11.9 Å².